The van der Waals surface area contributed by atoms with Gasteiger partial charge < -0.3 is 10.1 Å². The molecule has 2 nitrogen and oxygen atoms in total. The Bertz CT molecular complexity index is 366. The van der Waals surface area contributed by atoms with Gasteiger partial charge in [0.05, 0.1) is 18.8 Å². The fourth-order valence-electron chi connectivity index (χ4n) is 2.10. The molecule has 0 aliphatic carbocycles. The van der Waals surface area contributed by atoms with Crippen molar-refractivity contribution in [1.82, 2.24) is 5.32 Å². The fourth-order valence-corrected chi connectivity index (χ4v) is 2.10. The molecule has 1 N–H and O–H groups in total. The summed E-state index contributed by atoms with van der Waals surface area (Å²) in [6.07, 6.45) is 0.266. The lowest BCUT2D eigenvalue weighted by molar-refractivity contribution is 0.0623. The molecule has 102 valence electrons. The number of hydrogen-bond donors (Lipinski definition) is 1. The normalized spacial score (nSPS) is 13.9. The maximum atomic E-state index is 5.75. The first-order valence-electron chi connectivity index (χ1n) is 6.74. The van der Waals surface area contributed by atoms with Crippen LogP contribution in [0, 0.1) is 0 Å². The number of rotatable bonds is 5. The molecule has 0 fully saturated rings. The molecule has 1 aromatic carbocycles. The van der Waals surface area contributed by atoms with Crippen molar-refractivity contribution < 1.29 is 4.74 Å². The third-order valence-electron chi connectivity index (χ3n) is 3.09. The summed E-state index contributed by atoms with van der Waals surface area (Å²) in [5.41, 5.74) is 2.88. The van der Waals surface area contributed by atoms with E-state index in [0.717, 1.165) is 0 Å². The van der Waals surface area contributed by atoms with Crippen LogP contribution in [0.25, 0.3) is 0 Å². The van der Waals surface area contributed by atoms with Crippen molar-refractivity contribution in [3.63, 3.8) is 0 Å². The van der Waals surface area contributed by atoms with E-state index in [1.165, 1.54) is 11.1 Å². The lowest BCUT2D eigenvalue weighted by atomic mass is 9.82. The first-order valence-corrected chi connectivity index (χ1v) is 6.74. The standard InChI is InChI=1S/C16H27NO/c1-12(2)18-11-15(17-6)13-9-7-8-10-14(13)16(3,4)5/h7-10,12,15,17H,11H2,1-6H3. The van der Waals surface area contributed by atoms with Crippen LogP contribution in [-0.4, -0.2) is 19.8 Å². The molecule has 0 aromatic heterocycles. The van der Waals surface area contributed by atoms with E-state index >= 15 is 0 Å². The molecule has 0 heterocycles. The van der Waals surface area contributed by atoms with Gasteiger partial charge in [0.2, 0.25) is 0 Å². The monoisotopic (exact) mass is 249 g/mol. The van der Waals surface area contributed by atoms with Gasteiger partial charge in [-0.2, -0.15) is 0 Å². The molecule has 18 heavy (non-hydrogen) atoms. The minimum Gasteiger partial charge on any atom is -0.377 e. The SMILES string of the molecule is CNC(COC(C)C)c1ccccc1C(C)(C)C. The van der Waals surface area contributed by atoms with E-state index in [4.69, 9.17) is 4.74 Å². The second-order valence-electron chi connectivity index (χ2n) is 6.06. The number of likely N-dealkylation sites (N-methyl/N-ethyl adjacent to an activating group) is 1. The molecule has 2 heteroatoms. The Balaban J connectivity index is 2.98. The van der Waals surface area contributed by atoms with Crippen molar-refractivity contribution in [2.45, 2.75) is 52.2 Å². The lowest BCUT2D eigenvalue weighted by Crippen LogP contribution is -2.27. The zero-order valence-corrected chi connectivity index (χ0v) is 12.6. The average Bonchev–Trinajstić information content (AvgIpc) is 2.29. The summed E-state index contributed by atoms with van der Waals surface area (Å²) in [5, 5.41) is 3.36. The Hall–Kier alpha value is -0.860. The van der Waals surface area contributed by atoms with Gasteiger partial charge in [0.1, 0.15) is 0 Å². The molecule has 0 saturated heterocycles. The first-order chi connectivity index (χ1) is 8.36. The van der Waals surface area contributed by atoms with E-state index in [9.17, 15) is 0 Å². The highest BCUT2D eigenvalue weighted by molar-refractivity contribution is 5.35. The summed E-state index contributed by atoms with van der Waals surface area (Å²) in [5.74, 6) is 0. The van der Waals surface area contributed by atoms with Crippen LogP contribution >= 0.6 is 0 Å². The highest BCUT2D eigenvalue weighted by atomic mass is 16.5. The highest BCUT2D eigenvalue weighted by Crippen LogP contribution is 2.29. The van der Waals surface area contributed by atoms with Crippen molar-refractivity contribution >= 4 is 0 Å². The van der Waals surface area contributed by atoms with Crippen LogP contribution in [0.3, 0.4) is 0 Å². The van der Waals surface area contributed by atoms with Gasteiger partial charge in [-0.1, -0.05) is 45.0 Å². The van der Waals surface area contributed by atoms with E-state index in [1.807, 2.05) is 7.05 Å². The molecule has 0 spiro atoms. The van der Waals surface area contributed by atoms with Gasteiger partial charge in [-0.3, -0.25) is 0 Å². The van der Waals surface area contributed by atoms with Crippen LogP contribution in [0.2, 0.25) is 0 Å². The predicted molar refractivity (Wildman–Crippen MR) is 78.0 cm³/mol. The van der Waals surface area contributed by atoms with Crippen molar-refractivity contribution in [2.75, 3.05) is 13.7 Å². The second kappa shape index (κ2) is 6.35. The van der Waals surface area contributed by atoms with Crippen LogP contribution in [0.1, 0.15) is 51.8 Å². The lowest BCUT2D eigenvalue weighted by Gasteiger charge is -2.27. The quantitative estimate of drug-likeness (QED) is 0.859. The zero-order valence-electron chi connectivity index (χ0n) is 12.6. The van der Waals surface area contributed by atoms with Gasteiger partial charge in [0.15, 0.2) is 0 Å². The Kier molecular flexibility index (Phi) is 5.36. The van der Waals surface area contributed by atoms with E-state index in [0.29, 0.717) is 6.61 Å². The summed E-state index contributed by atoms with van der Waals surface area (Å²) in [6.45, 7) is 11.6. The Morgan fingerprint density at radius 3 is 2.28 bits per heavy atom. The number of hydrogen-bond acceptors (Lipinski definition) is 2. The van der Waals surface area contributed by atoms with E-state index in [-0.39, 0.29) is 17.6 Å². The zero-order chi connectivity index (χ0) is 13.8. The van der Waals surface area contributed by atoms with Gasteiger partial charge in [-0.25, -0.2) is 0 Å². The van der Waals surface area contributed by atoms with Crippen LogP contribution in [0.4, 0.5) is 0 Å². The van der Waals surface area contributed by atoms with Gasteiger partial charge in [0, 0.05) is 0 Å². The summed E-state index contributed by atoms with van der Waals surface area (Å²) < 4.78 is 5.75. The third kappa shape index (κ3) is 4.11. The second-order valence-corrected chi connectivity index (χ2v) is 6.06. The number of nitrogens with one attached hydrogen (secondary N) is 1. The minimum absolute atomic E-state index is 0.156. The van der Waals surface area contributed by atoms with Gasteiger partial charge in [-0.05, 0) is 37.4 Å². The highest BCUT2D eigenvalue weighted by Gasteiger charge is 2.21. The molecule has 0 amide bonds. The molecule has 0 bridgehead atoms. The summed E-state index contributed by atoms with van der Waals surface area (Å²) >= 11 is 0. The van der Waals surface area contributed by atoms with Crippen LogP contribution in [-0.2, 0) is 10.2 Å². The van der Waals surface area contributed by atoms with Gasteiger partial charge in [-0.15, -0.1) is 0 Å². The van der Waals surface area contributed by atoms with Crippen LogP contribution in [0.15, 0.2) is 24.3 Å². The summed E-state index contributed by atoms with van der Waals surface area (Å²) in [6, 6.07) is 8.88. The molecule has 0 radical (unpaired) electrons. The Morgan fingerprint density at radius 1 is 1.17 bits per heavy atom. The molecular weight excluding hydrogens is 222 g/mol. The Labute approximate surface area is 112 Å². The number of ether oxygens (including phenoxy) is 1. The summed E-state index contributed by atoms with van der Waals surface area (Å²) in [7, 11) is 1.99. The van der Waals surface area contributed by atoms with Crippen molar-refractivity contribution in [3.8, 4) is 0 Å². The molecule has 1 atom stereocenters. The topological polar surface area (TPSA) is 21.3 Å². The van der Waals surface area contributed by atoms with E-state index in [1.54, 1.807) is 0 Å². The van der Waals surface area contributed by atoms with E-state index < -0.39 is 0 Å². The maximum Gasteiger partial charge on any atom is 0.0664 e. The molecule has 1 unspecified atom stereocenters. The molecule has 0 aliphatic heterocycles. The third-order valence-corrected chi connectivity index (χ3v) is 3.09. The van der Waals surface area contributed by atoms with Crippen molar-refractivity contribution in [3.05, 3.63) is 35.4 Å². The Morgan fingerprint density at radius 2 is 1.78 bits per heavy atom. The average molecular weight is 249 g/mol. The molecule has 0 saturated carbocycles. The first kappa shape index (κ1) is 15.2. The van der Waals surface area contributed by atoms with Crippen molar-refractivity contribution in [1.29, 1.82) is 0 Å². The molecule has 1 rings (SSSR count). The minimum atomic E-state index is 0.156. The van der Waals surface area contributed by atoms with Gasteiger partial charge in [0.25, 0.3) is 0 Å². The predicted octanol–water partition coefficient (Wildman–Crippen LogP) is 3.67. The maximum absolute atomic E-state index is 5.75. The van der Waals surface area contributed by atoms with E-state index in [2.05, 4.69) is 64.2 Å². The molecule has 1 aromatic rings. The summed E-state index contributed by atoms with van der Waals surface area (Å²) in [4.78, 5) is 0. The van der Waals surface area contributed by atoms with Crippen molar-refractivity contribution in [2.24, 2.45) is 0 Å². The smallest absolute Gasteiger partial charge is 0.0664 e. The van der Waals surface area contributed by atoms with Gasteiger partial charge >= 0.3 is 0 Å². The largest absolute Gasteiger partial charge is 0.377 e. The van der Waals surface area contributed by atoms with Crippen LogP contribution in [0.5, 0.6) is 0 Å². The van der Waals surface area contributed by atoms with Crippen LogP contribution < -0.4 is 5.32 Å². The number of benzene rings is 1. The molecular formula is C16H27NO. The molecule has 0 aliphatic rings. The fraction of sp³-hybridized carbons (Fsp3) is 0.625.